The molecule has 0 aliphatic carbocycles. The molecule has 0 saturated carbocycles. The van der Waals surface area contributed by atoms with Crippen LogP contribution in [0.5, 0.6) is 0 Å². The van der Waals surface area contributed by atoms with Crippen LogP contribution in [0.1, 0.15) is 5.56 Å². The summed E-state index contributed by atoms with van der Waals surface area (Å²) in [6.07, 6.45) is 4.42. The van der Waals surface area contributed by atoms with E-state index in [-0.39, 0.29) is 11.6 Å². The molecule has 9 nitrogen and oxygen atoms in total. The molecule has 0 radical (unpaired) electrons. The highest BCUT2D eigenvalue weighted by molar-refractivity contribution is 7.88. The molecule has 0 bridgehead atoms. The lowest BCUT2D eigenvalue weighted by Gasteiger charge is -2.34. The summed E-state index contributed by atoms with van der Waals surface area (Å²) in [4.78, 5) is 14.4. The van der Waals surface area contributed by atoms with Crippen molar-refractivity contribution in [1.29, 1.82) is 0 Å². The number of halogens is 1. The van der Waals surface area contributed by atoms with Gasteiger partial charge in [-0.1, -0.05) is 12.1 Å². The van der Waals surface area contributed by atoms with Crippen molar-refractivity contribution in [1.82, 2.24) is 29.0 Å². The predicted molar refractivity (Wildman–Crippen MR) is 99.8 cm³/mol. The van der Waals surface area contributed by atoms with E-state index in [1.54, 1.807) is 12.4 Å². The smallest absolute Gasteiger partial charge is 0.218 e. The average molecular weight is 403 g/mol. The fourth-order valence-electron chi connectivity index (χ4n) is 3.04. The molecular weight excluding hydrogens is 385 g/mol. The van der Waals surface area contributed by atoms with Gasteiger partial charge >= 0.3 is 0 Å². The van der Waals surface area contributed by atoms with Gasteiger partial charge in [-0.05, 0) is 17.7 Å². The van der Waals surface area contributed by atoms with Gasteiger partial charge in [0.05, 0.1) is 5.75 Å². The molecule has 1 saturated heterocycles. The maximum atomic E-state index is 13.0. The van der Waals surface area contributed by atoms with E-state index in [9.17, 15) is 12.8 Å². The first-order chi connectivity index (χ1) is 13.5. The number of benzene rings is 1. The Labute approximate surface area is 161 Å². The van der Waals surface area contributed by atoms with E-state index in [2.05, 4.69) is 20.1 Å². The fourth-order valence-corrected chi connectivity index (χ4v) is 4.56. The Bertz CT molecular complexity index is 1030. The molecule has 2 aromatic heterocycles. The van der Waals surface area contributed by atoms with Crippen LogP contribution in [0.2, 0.25) is 0 Å². The van der Waals surface area contributed by atoms with E-state index in [1.807, 2.05) is 4.90 Å². The van der Waals surface area contributed by atoms with Crippen LogP contribution in [0.4, 0.5) is 10.2 Å². The number of hydrogen-bond donors (Lipinski definition) is 0. The van der Waals surface area contributed by atoms with Gasteiger partial charge in [-0.2, -0.15) is 9.40 Å². The summed E-state index contributed by atoms with van der Waals surface area (Å²) in [5.41, 5.74) is 0.567. The lowest BCUT2D eigenvalue weighted by atomic mass is 10.2. The summed E-state index contributed by atoms with van der Waals surface area (Å²) in [6, 6.07) is 7.32. The Morgan fingerprint density at radius 3 is 2.36 bits per heavy atom. The maximum absolute atomic E-state index is 13.0. The molecule has 3 aromatic rings. The Kier molecular flexibility index (Phi) is 5.01. The topological polar surface area (TPSA) is 97.1 Å². The summed E-state index contributed by atoms with van der Waals surface area (Å²) < 4.78 is 41.3. The second-order valence-corrected chi connectivity index (χ2v) is 8.31. The summed E-state index contributed by atoms with van der Waals surface area (Å²) >= 11 is 0. The van der Waals surface area contributed by atoms with E-state index in [0.29, 0.717) is 43.4 Å². The highest BCUT2D eigenvalue weighted by Crippen LogP contribution is 2.18. The zero-order valence-corrected chi connectivity index (χ0v) is 15.7. The lowest BCUT2D eigenvalue weighted by Crippen LogP contribution is -2.49. The van der Waals surface area contributed by atoms with Crippen molar-refractivity contribution in [3.8, 4) is 5.82 Å². The molecule has 1 fully saturated rings. The average Bonchev–Trinajstić information content (AvgIpc) is 3.25. The van der Waals surface area contributed by atoms with Crippen LogP contribution >= 0.6 is 0 Å². The molecule has 4 rings (SSSR count). The Hall–Kier alpha value is -2.92. The molecule has 146 valence electrons. The molecule has 0 N–H and O–H groups in total. The van der Waals surface area contributed by atoms with Gasteiger partial charge in [0.15, 0.2) is 5.82 Å². The van der Waals surface area contributed by atoms with E-state index < -0.39 is 10.0 Å². The van der Waals surface area contributed by atoms with Crippen molar-refractivity contribution in [3.05, 3.63) is 60.7 Å². The van der Waals surface area contributed by atoms with Crippen molar-refractivity contribution in [2.45, 2.75) is 5.75 Å². The van der Waals surface area contributed by atoms with Crippen LogP contribution in [-0.4, -0.2) is 63.6 Å². The fraction of sp³-hybridized carbons (Fsp3) is 0.294. The summed E-state index contributed by atoms with van der Waals surface area (Å²) in [5, 5.41) is 4.05. The minimum atomic E-state index is -3.47. The number of hydrogen-bond acceptors (Lipinski definition) is 7. The molecular formula is C17H18FN7O2S. The molecule has 11 heteroatoms. The lowest BCUT2D eigenvalue weighted by molar-refractivity contribution is 0.383. The van der Waals surface area contributed by atoms with Crippen molar-refractivity contribution < 1.29 is 12.8 Å². The summed E-state index contributed by atoms with van der Waals surface area (Å²) in [6.45, 7) is 1.73. The van der Waals surface area contributed by atoms with Crippen molar-refractivity contribution >= 4 is 15.8 Å². The van der Waals surface area contributed by atoms with Gasteiger partial charge in [0.1, 0.15) is 30.6 Å². The minimum Gasteiger partial charge on any atom is -0.354 e. The third-order valence-electron chi connectivity index (χ3n) is 4.51. The SMILES string of the molecule is O=S(=O)(Cc1ccc(F)cc1)N1CCN(c2cc(-n3cncn3)ncn2)CC1. The van der Waals surface area contributed by atoms with Gasteiger partial charge in [0.25, 0.3) is 0 Å². The van der Waals surface area contributed by atoms with Crippen molar-refractivity contribution in [3.63, 3.8) is 0 Å². The van der Waals surface area contributed by atoms with Crippen LogP contribution in [-0.2, 0) is 15.8 Å². The number of aromatic nitrogens is 5. The second-order valence-electron chi connectivity index (χ2n) is 6.34. The van der Waals surface area contributed by atoms with Crippen LogP contribution in [0.15, 0.2) is 49.3 Å². The van der Waals surface area contributed by atoms with Gasteiger partial charge in [-0.3, -0.25) is 0 Å². The number of sulfonamides is 1. The maximum Gasteiger partial charge on any atom is 0.218 e. The number of rotatable bonds is 5. The van der Waals surface area contributed by atoms with E-state index in [0.717, 1.165) is 0 Å². The van der Waals surface area contributed by atoms with Gasteiger partial charge in [0.2, 0.25) is 10.0 Å². The number of piperazine rings is 1. The zero-order valence-electron chi connectivity index (χ0n) is 14.9. The van der Waals surface area contributed by atoms with Crippen LogP contribution in [0, 0.1) is 5.82 Å². The minimum absolute atomic E-state index is 0.142. The largest absolute Gasteiger partial charge is 0.354 e. The molecule has 0 spiro atoms. The van der Waals surface area contributed by atoms with Gasteiger partial charge in [-0.15, -0.1) is 0 Å². The van der Waals surface area contributed by atoms with Gasteiger partial charge in [0, 0.05) is 32.2 Å². The number of nitrogens with zero attached hydrogens (tertiary/aromatic N) is 7. The Balaban J connectivity index is 1.42. The van der Waals surface area contributed by atoms with Crippen LogP contribution in [0.25, 0.3) is 5.82 Å². The second kappa shape index (κ2) is 7.60. The van der Waals surface area contributed by atoms with Crippen molar-refractivity contribution in [2.75, 3.05) is 31.1 Å². The zero-order chi connectivity index (χ0) is 19.6. The monoisotopic (exact) mass is 403 g/mol. The molecule has 3 heterocycles. The summed E-state index contributed by atoms with van der Waals surface area (Å²) in [5.74, 6) is 0.770. The number of anilines is 1. The quantitative estimate of drug-likeness (QED) is 0.623. The summed E-state index contributed by atoms with van der Waals surface area (Å²) in [7, 11) is -3.47. The third-order valence-corrected chi connectivity index (χ3v) is 6.36. The highest BCUT2D eigenvalue weighted by Gasteiger charge is 2.27. The highest BCUT2D eigenvalue weighted by atomic mass is 32.2. The first-order valence-corrected chi connectivity index (χ1v) is 10.3. The Morgan fingerprint density at radius 2 is 1.68 bits per heavy atom. The molecule has 1 aromatic carbocycles. The molecule has 0 atom stereocenters. The first kappa shape index (κ1) is 18.4. The van der Waals surface area contributed by atoms with Gasteiger partial charge in [-0.25, -0.2) is 32.4 Å². The molecule has 1 aliphatic heterocycles. The standard InChI is InChI=1S/C17H18FN7O2S/c18-15-3-1-14(2-4-15)10-28(26,27)24-7-5-23(6-8-24)16-9-17(21-12-20-16)25-13-19-11-22-25/h1-4,9,11-13H,5-8,10H2. The van der Waals surface area contributed by atoms with Crippen LogP contribution < -0.4 is 4.90 Å². The Morgan fingerprint density at radius 1 is 0.964 bits per heavy atom. The van der Waals surface area contributed by atoms with Crippen LogP contribution in [0.3, 0.4) is 0 Å². The van der Waals surface area contributed by atoms with Gasteiger partial charge < -0.3 is 4.90 Å². The molecule has 1 aliphatic rings. The van der Waals surface area contributed by atoms with E-state index in [4.69, 9.17) is 0 Å². The first-order valence-electron chi connectivity index (χ1n) is 8.65. The molecule has 0 unspecified atom stereocenters. The molecule has 0 amide bonds. The molecule has 28 heavy (non-hydrogen) atoms. The van der Waals surface area contributed by atoms with E-state index >= 15 is 0 Å². The third kappa shape index (κ3) is 3.99. The predicted octanol–water partition coefficient (Wildman–Crippen LogP) is 0.848. The van der Waals surface area contributed by atoms with E-state index in [1.165, 1.54) is 45.9 Å². The normalized spacial score (nSPS) is 15.7. The van der Waals surface area contributed by atoms with Crippen molar-refractivity contribution in [2.24, 2.45) is 0 Å².